The van der Waals surface area contributed by atoms with Gasteiger partial charge in [-0.1, -0.05) is 39.8 Å². The van der Waals surface area contributed by atoms with Gasteiger partial charge in [-0.05, 0) is 43.1 Å². The van der Waals surface area contributed by atoms with Crippen LogP contribution >= 0.6 is 0 Å². The maximum atomic E-state index is 12.1. The summed E-state index contributed by atoms with van der Waals surface area (Å²) in [5.41, 5.74) is 2.06. The highest BCUT2D eigenvalue weighted by atomic mass is 16.1. The molecule has 0 atom stereocenters. The summed E-state index contributed by atoms with van der Waals surface area (Å²) in [6.45, 7) is 10.2. The van der Waals surface area contributed by atoms with E-state index in [0.717, 1.165) is 12.1 Å². The van der Waals surface area contributed by atoms with E-state index in [-0.39, 0.29) is 11.3 Å². The molecule has 0 heterocycles. The molecule has 0 bridgehead atoms. The Morgan fingerprint density at radius 2 is 1.75 bits per heavy atom. The highest BCUT2D eigenvalue weighted by molar-refractivity contribution is 5.94. The quantitative estimate of drug-likeness (QED) is 0.866. The molecule has 1 aromatic carbocycles. The minimum Gasteiger partial charge on any atom is -0.351 e. The summed E-state index contributed by atoms with van der Waals surface area (Å²) in [6, 6.07) is 7.88. The van der Waals surface area contributed by atoms with E-state index in [1.807, 2.05) is 38.4 Å². The molecule has 0 aliphatic heterocycles. The monoisotopic (exact) mass is 276 g/mol. The molecule has 3 nitrogen and oxygen atoms in total. The van der Waals surface area contributed by atoms with Crippen LogP contribution in [0.25, 0.3) is 0 Å². The molecule has 1 aromatic rings. The third kappa shape index (κ3) is 5.33. The van der Waals surface area contributed by atoms with Gasteiger partial charge >= 0.3 is 0 Å². The Hall–Kier alpha value is -1.35. The second-order valence-electron chi connectivity index (χ2n) is 6.86. The molecule has 0 radical (unpaired) electrons. The van der Waals surface area contributed by atoms with Gasteiger partial charge in [0.2, 0.25) is 0 Å². The molecule has 0 saturated heterocycles. The zero-order chi connectivity index (χ0) is 15.3. The lowest BCUT2D eigenvalue weighted by Crippen LogP contribution is -2.39. The standard InChI is InChI=1S/C17H28N2O/c1-13(2)14-7-9-15(10-8-14)16(20)18-11-17(3,4)12-19(5)6/h7-10,13H,11-12H2,1-6H3,(H,18,20). The number of nitrogens with one attached hydrogen (secondary N) is 1. The molecule has 1 N–H and O–H groups in total. The largest absolute Gasteiger partial charge is 0.351 e. The lowest BCUT2D eigenvalue weighted by molar-refractivity contribution is 0.0929. The van der Waals surface area contributed by atoms with E-state index < -0.39 is 0 Å². The van der Waals surface area contributed by atoms with Crippen LogP contribution in [0.1, 0.15) is 49.5 Å². The lowest BCUT2D eigenvalue weighted by atomic mass is 9.93. The molecule has 112 valence electrons. The molecule has 0 spiro atoms. The van der Waals surface area contributed by atoms with Gasteiger partial charge in [0, 0.05) is 18.7 Å². The van der Waals surface area contributed by atoms with Crippen LogP contribution in [-0.4, -0.2) is 38.0 Å². The van der Waals surface area contributed by atoms with E-state index in [9.17, 15) is 4.79 Å². The Balaban J connectivity index is 2.58. The van der Waals surface area contributed by atoms with Crippen molar-refractivity contribution < 1.29 is 4.79 Å². The number of nitrogens with zero attached hydrogens (tertiary/aromatic N) is 1. The fourth-order valence-corrected chi connectivity index (χ4v) is 2.35. The molecule has 0 saturated carbocycles. The molecule has 20 heavy (non-hydrogen) atoms. The van der Waals surface area contributed by atoms with E-state index in [2.05, 4.69) is 37.9 Å². The molecular weight excluding hydrogens is 248 g/mol. The first-order valence-corrected chi connectivity index (χ1v) is 7.24. The van der Waals surface area contributed by atoms with E-state index in [1.165, 1.54) is 5.56 Å². The Morgan fingerprint density at radius 3 is 2.20 bits per heavy atom. The van der Waals surface area contributed by atoms with E-state index in [1.54, 1.807) is 0 Å². The Bertz CT molecular complexity index is 433. The molecule has 0 fully saturated rings. The highest BCUT2D eigenvalue weighted by Gasteiger charge is 2.20. The number of carbonyl (C=O) groups excluding carboxylic acids is 1. The summed E-state index contributed by atoms with van der Waals surface area (Å²) in [6.07, 6.45) is 0. The number of hydrogen-bond acceptors (Lipinski definition) is 2. The molecule has 0 unspecified atom stereocenters. The third-order valence-corrected chi connectivity index (χ3v) is 3.31. The smallest absolute Gasteiger partial charge is 0.251 e. The number of carbonyl (C=O) groups is 1. The normalized spacial score (nSPS) is 12.0. The van der Waals surface area contributed by atoms with Crippen LogP contribution in [0, 0.1) is 5.41 Å². The number of amides is 1. The molecule has 0 aliphatic rings. The molecule has 0 aliphatic carbocycles. The van der Waals surface area contributed by atoms with Gasteiger partial charge in [-0.3, -0.25) is 4.79 Å². The Labute approximate surface area is 123 Å². The topological polar surface area (TPSA) is 32.3 Å². The van der Waals surface area contributed by atoms with E-state index in [0.29, 0.717) is 12.5 Å². The van der Waals surface area contributed by atoms with Crippen LogP contribution in [0.2, 0.25) is 0 Å². The SMILES string of the molecule is CC(C)c1ccc(C(=O)NCC(C)(C)CN(C)C)cc1. The summed E-state index contributed by atoms with van der Waals surface area (Å²) in [5, 5.41) is 3.03. The van der Waals surface area contributed by atoms with E-state index >= 15 is 0 Å². The summed E-state index contributed by atoms with van der Waals surface area (Å²) < 4.78 is 0. The van der Waals surface area contributed by atoms with Gasteiger partial charge in [0.15, 0.2) is 0 Å². The van der Waals surface area contributed by atoms with Crippen LogP contribution in [-0.2, 0) is 0 Å². The molecule has 3 heteroatoms. The lowest BCUT2D eigenvalue weighted by Gasteiger charge is -2.28. The highest BCUT2D eigenvalue weighted by Crippen LogP contribution is 2.16. The van der Waals surface area contributed by atoms with Gasteiger partial charge in [-0.15, -0.1) is 0 Å². The molecule has 0 aromatic heterocycles. The van der Waals surface area contributed by atoms with Crippen LogP contribution in [0.15, 0.2) is 24.3 Å². The summed E-state index contributed by atoms with van der Waals surface area (Å²) >= 11 is 0. The van der Waals surface area contributed by atoms with Gasteiger partial charge in [0.1, 0.15) is 0 Å². The second kappa shape index (κ2) is 6.89. The van der Waals surface area contributed by atoms with Gasteiger partial charge in [0.05, 0.1) is 0 Å². The van der Waals surface area contributed by atoms with Crippen LogP contribution < -0.4 is 5.32 Å². The van der Waals surface area contributed by atoms with Crippen molar-refractivity contribution in [3.8, 4) is 0 Å². The average Bonchev–Trinajstić information content (AvgIpc) is 2.34. The first-order chi connectivity index (χ1) is 9.21. The fraction of sp³-hybridized carbons (Fsp3) is 0.588. The minimum atomic E-state index is 0.00661. The first kappa shape index (κ1) is 16.7. The van der Waals surface area contributed by atoms with Crippen molar-refractivity contribution >= 4 is 5.91 Å². The minimum absolute atomic E-state index is 0.00661. The van der Waals surface area contributed by atoms with Gasteiger partial charge < -0.3 is 10.2 Å². The maximum Gasteiger partial charge on any atom is 0.251 e. The van der Waals surface area contributed by atoms with Gasteiger partial charge in [-0.25, -0.2) is 0 Å². The van der Waals surface area contributed by atoms with Gasteiger partial charge in [-0.2, -0.15) is 0 Å². The summed E-state index contributed by atoms with van der Waals surface area (Å²) in [4.78, 5) is 14.3. The summed E-state index contributed by atoms with van der Waals surface area (Å²) in [7, 11) is 4.10. The Morgan fingerprint density at radius 1 is 1.20 bits per heavy atom. The van der Waals surface area contributed by atoms with Crippen molar-refractivity contribution in [2.75, 3.05) is 27.2 Å². The zero-order valence-electron chi connectivity index (χ0n) is 13.7. The predicted octanol–water partition coefficient (Wildman–Crippen LogP) is 3.13. The third-order valence-electron chi connectivity index (χ3n) is 3.31. The molecule has 1 amide bonds. The number of hydrogen-bond donors (Lipinski definition) is 1. The first-order valence-electron chi connectivity index (χ1n) is 7.24. The van der Waals surface area contributed by atoms with Crippen LogP contribution in [0.4, 0.5) is 0 Å². The van der Waals surface area contributed by atoms with Crippen molar-refractivity contribution in [3.05, 3.63) is 35.4 Å². The fourth-order valence-electron chi connectivity index (χ4n) is 2.35. The van der Waals surface area contributed by atoms with Crippen LogP contribution in [0.3, 0.4) is 0 Å². The predicted molar refractivity (Wildman–Crippen MR) is 85.2 cm³/mol. The van der Waals surface area contributed by atoms with Crippen molar-refractivity contribution in [3.63, 3.8) is 0 Å². The van der Waals surface area contributed by atoms with Crippen molar-refractivity contribution in [2.45, 2.75) is 33.6 Å². The van der Waals surface area contributed by atoms with Gasteiger partial charge in [0.25, 0.3) is 5.91 Å². The zero-order valence-corrected chi connectivity index (χ0v) is 13.7. The molecule has 1 rings (SSSR count). The molecular formula is C17H28N2O. The van der Waals surface area contributed by atoms with E-state index in [4.69, 9.17) is 0 Å². The maximum absolute atomic E-state index is 12.1. The average molecular weight is 276 g/mol. The van der Waals surface area contributed by atoms with Crippen molar-refractivity contribution in [2.24, 2.45) is 5.41 Å². The van der Waals surface area contributed by atoms with Crippen molar-refractivity contribution in [1.29, 1.82) is 0 Å². The Kier molecular flexibility index (Phi) is 5.75. The number of benzene rings is 1. The number of rotatable bonds is 6. The van der Waals surface area contributed by atoms with Crippen LogP contribution in [0.5, 0.6) is 0 Å². The second-order valence-corrected chi connectivity index (χ2v) is 6.86. The van der Waals surface area contributed by atoms with Crippen molar-refractivity contribution in [1.82, 2.24) is 10.2 Å². The summed E-state index contributed by atoms with van der Waals surface area (Å²) in [5.74, 6) is 0.498.